The molecule has 0 aliphatic carbocycles. The van der Waals surface area contributed by atoms with Gasteiger partial charge in [0.1, 0.15) is 12.4 Å². The lowest BCUT2D eigenvalue weighted by Crippen LogP contribution is -2.32. The van der Waals surface area contributed by atoms with Crippen molar-refractivity contribution in [2.45, 2.75) is 13.0 Å². The van der Waals surface area contributed by atoms with E-state index in [1.807, 2.05) is 12.1 Å². The van der Waals surface area contributed by atoms with Crippen LogP contribution in [0.5, 0.6) is 5.75 Å². The van der Waals surface area contributed by atoms with Gasteiger partial charge in [0.15, 0.2) is 6.61 Å². The summed E-state index contributed by atoms with van der Waals surface area (Å²) in [5, 5.41) is 2.50. The van der Waals surface area contributed by atoms with Gasteiger partial charge in [-0.25, -0.2) is 8.78 Å². The van der Waals surface area contributed by atoms with E-state index in [4.69, 9.17) is 10.5 Å². The lowest BCUT2D eigenvalue weighted by Gasteiger charge is -2.08. The first kappa shape index (κ1) is 16.3. The minimum Gasteiger partial charge on any atom is -0.484 e. The maximum Gasteiger partial charge on any atom is 0.261 e. The molecule has 1 rings (SSSR count). The fourth-order valence-electron chi connectivity index (χ4n) is 1.36. The van der Waals surface area contributed by atoms with Crippen molar-refractivity contribution in [1.82, 2.24) is 5.32 Å². The Morgan fingerprint density at radius 2 is 2.00 bits per heavy atom. The number of rotatable bonds is 9. The highest BCUT2D eigenvalue weighted by Gasteiger charge is 2.04. The molecule has 3 N–H and O–H groups in total. The number of hydrogen-bond donors (Lipinski definition) is 2. The molecule has 0 saturated carbocycles. The molecule has 7 heteroatoms. The Kier molecular flexibility index (Phi) is 7.52. The summed E-state index contributed by atoms with van der Waals surface area (Å²) in [6.45, 7) is -0.113. The molecule has 20 heavy (non-hydrogen) atoms. The van der Waals surface area contributed by atoms with Gasteiger partial charge >= 0.3 is 0 Å². The Hall–Kier alpha value is -1.73. The number of hydrogen-bond acceptors (Lipinski definition) is 4. The van der Waals surface area contributed by atoms with Crippen LogP contribution in [0.25, 0.3) is 0 Å². The highest BCUT2D eigenvalue weighted by molar-refractivity contribution is 5.77. The Morgan fingerprint density at radius 3 is 2.60 bits per heavy atom. The maximum absolute atomic E-state index is 11.7. The molecule has 0 radical (unpaired) electrons. The minimum absolute atomic E-state index is 0.0429. The lowest BCUT2D eigenvalue weighted by molar-refractivity contribution is -0.123. The zero-order valence-corrected chi connectivity index (χ0v) is 11.0. The van der Waals surface area contributed by atoms with E-state index in [0.29, 0.717) is 12.3 Å². The number of alkyl halides is 2. The van der Waals surface area contributed by atoms with E-state index in [2.05, 4.69) is 10.1 Å². The first-order valence-corrected chi connectivity index (χ1v) is 6.16. The highest BCUT2D eigenvalue weighted by atomic mass is 19.3. The predicted molar refractivity (Wildman–Crippen MR) is 69.7 cm³/mol. The van der Waals surface area contributed by atoms with Crippen LogP contribution in [0.1, 0.15) is 5.56 Å². The average molecular weight is 288 g/mol. The Balaban J connectivity index is 2.13. The van der Waals surface area contributed by atoms with E-state index in [1.165, 1.54) is 0 Å². The molecule has 1 amide bonds. The van der Waals surface area contributed by atoms with Gasteiger partial charge in [0.05, 0.1) is 6.61 Å². The second-order valence-corrected chi connectivity index (χ2v) is 3.95. The van der Waals surface area contributed by atoms with Gasteiger partial charge in [-0.2, -0.15) is 0 Å². The number of amides is 1. The molecule has 0 spiro atoms. The first-order chi connectivity index (χ1) is 9.61. The molecule has 0 fully saturated rings. The highest BCUT2D eigenvalue weighted by Crippen LogP contribution is 2.11. The van der Waals surface area contributed by atoms with Crippen LogP contribution in [-0.4, -0.2) is 38.7 Å². The SMILES string of the molecule is NCc1ccc(OCC(=O)NCCOCC(F)F)cc1. The summed E-state index contributed by atoms with van der Waals surface area (Å²) >= 11 is 0. The third kappa shape index (κ3) is 7.01. The molecule has 0 saturated heterocycles. The summed E-state index contributed by atoms with van der Waals surface area (Å²) in [7, 11) is 0. The molecule has 1 aromatic rings. The second-order valence-electron chi connectivity index (χ2n) is 3.95. The van der Waals surface area contributed by atoms with Crippen LogP contribution < -0.4 is 15.8 Å². The molecule has 0 aliphatic rings. The number of benzene rings is 1. The number of nitrogens with one attached hydrogen (secondary N) is 1. The molecule has 0 bridgehead atoms. The van der Waals surface area contributed by atoms with Crippen molar-refractivity contribution in [2.75, 3.05) is 26.4 Å². The van der Waals surface area contributed by atoms with Crippen molar-refractivity contribution < 1.29 is 23.0 Å². The first-order valence-electron chi connectivity index (χ1n) is 6.16. The van der Waals surface area contributed by atoms with Gasteiger partial charge in [-0.05, 0) is 17.7 Å². The average Bonchev–Trinajstić information content (AvgIpc) is 2.45. The molecule has 112 valence electrons. The van der Waals surface area contributed by atoms with E-state index in [9.17, 15) is 13.6 Å². The van der Waals surface area contributed by atoms with Crippen LogP contribution in [0.4, 0.5) is 8.78 Å². The maximum atomic E-state index is 11.7. The number of halogens is 2. The molecule has 5 nitrogen and oxygen atoms in total. The van der Waals surface area contributed by atoms with Crippen LogP contribution in [0.15, 0.2) is 24.3 Å². The lowest BCUT2D eigenvalue weighted by atomic mass is 10.2. The van der Waals surface area contributed by atoms with Crippen LogP contribution in [0.2, 0.25) is 0 Å². The van der Waals surface area contributed by atoms with Crippen molar-refractivity contribution in [3.8, 4) is 5.75 Å². The standard InChI is InChI=1S/C13H18F2N2O3/c14-12(15)8-19-6-5-17-13(18)9-20-11-3-1-10(7-16)2-4-11/h1-4,12H,5-9,16H2,(H,17,18). The Labute approximate surface area is 116 Å². The van der Waals surface area contributed by atoms with Crippen LogP contribution >= 0.6 is 0 Å². The molecule has 0 aromatic heterocycles. The molecule has 0 atom stereocenters. The van der Waals surface area contributed by atoms with E-state index >= 15 is 0 Å². The number of carbonyl (C=O) groups excluding carboxylic acids is 1. The topological polar surface area (TPSA) is 73.6 Å². The zero-order chi connectivity index (χ0) is 14.8. The van der Waals surface area contributed by atoms with Crippen molar-refractivity contribution in [3.63, 3.8) is 0 Å². The third-order valence-electron chi connectivity index (χ3n) is 2.34. The molecular formula is C13H18F2N2O3. The van der Waals surface area contributed by atoms with E-state index in [1.54, 1.807) is 12.1 Å². The van der Waals surface area contributed by atoms with Gasteiger partial charge in [-0.3, -0.25) is 4.79 Å². The fourth-order valence-corrected chi connectivity index (χ4v) is 1.36. The Morgan fingerprint density at radius 1 is 1.30 bits per heavy atom. The molecular weight excluding hydrogens is 270 g/mol. The number of carbonyl (C=O) groups is 1. The summed E-state index contributed by atoms with van der Waals surface area (Å²) in [6, 6.07) is 7.07. The summed E-state index contributed by atoms with van der Waals surface area (Å²) in [5.41, 5.74) is 6.43. The zero-order valence-electron chi connectivity index (χ0n) is 11.0. The summed E-state index contributed by atoms with van der Waals surface area (Å²) in [4.78, 5) is 11.4. The predicted octanol–water partition coefficient (Wildman–Crippen LogP) is 0.922. The van der Waals surface area contributed by atoms with Crippen LogP contribution in [0, 0.1) is 0 Å². The summed E-state index contributed by atoms with van der Waals surface area (Å²) < 4.78 is 33.4. The van der Waals surface area contributed by atoms with Crippen molar-refractivity contribution >= 4 is 5.91 Å². The number of ether oxygens (including phenoxy) is 2. The number of nitrogens with two attached hydrogens (primary N) is 1. The quantitative estimate of drug-likeness (QED) is 0.663. The van der Waals surface area contributed by atoms with Crippen LogP contribution in [-0.2, 0) is 16.1 Å². The summed E-state index contributed by atoms with van der Waals surface area (Å²) in [5.74, 6) is 0.222. The monoisotopic (exact) mass is 288 g/mol. The molecule has 0 heterocycles. The van der Waals surface area contributed by atoms with Gasteiger partial charge in [0.2, 0.25) is 0 Å². The second kappa shape index (κ2) is 9.22. The van der Waals surface area contributed by atoms with Crippen LogP contribution in [0.3, 0.4) is 0 Å². The van der Waals surface area contributed by atoms with Crippen molar-refractivity contribution in [1.29, 1.82) is 0 Å². The fraction of sp³-hybridized carbons (Fsp3) is 0.462. The van der Waals surface area contributed by atoms with Gasteiger partial charge in [0.25, 0.3) is 12.3 Å². The molecule has 0 unspecified atom stereocenters. The molecule has 0 aliphatic heterocycles. The van der Waals surface area contributed by atoms with Gasteiger partial charge < -0.3 is 20.5 Å². The third-order valence-corrected chi connectivity index (χ3v) is 2.34. The normalized spacial score (nSPS) is 10.6. The summed E-state index contributed by atoms with van der Waals surface area (Å²) in [6.07, 6.45) is -2.49. The smallest absolute Gasteiger partial charge is 0.261 e. The van der Waals surface area contributed by atoms with Crippen molar-refractivity contribution in [3.05, 3.63) is 29.8 Å². The minimum atomic E-state index is -2.49. The van der Waals surface area contributed by atoms with Gasteiger partial charge in [-0.15, -0.1) is 0 Å². The van der Waals surface area contributed by atoms with Crippen molar-refractivity contribution in [2.24, 2.45) is 5.73 Å². The molecule has 1 aromatic carbocycles. The van der Waals surface area contributed by atoms with E-state index < -0.39 is 13.0 Å². The van der Waals surface area contributed by atoms with E-state index in [0.717, 1.165) is 5.56 Å². The Bertz CT molecular complexity index is 399. The largest absolute Gasteiger partial charge is 0.484 e. The van der Waals surface area contributed by atoms with E-state index in [-0.39, 0.29) is 25.7 Å². The van der Waals surface area contributed by atoms with Gasteiger partial charge in [-0.1, -0.05) is 12.1 Å². The van der Waals surface area contributed by atoms with Gasteiger partial charge in [0, 0.05) is 13.1 Å².